The van der Waals surface area contributed by atoms with Crippen LogP contribution in [-0.4, -0.2) is 30.6 Å². The second-order valence-electron chi connectivity index (χ2n) is 6.33. The number of aliphatic imine (C=N–C) groups is 1. The number of hydrogen-bond acceptors (Lipinski definition) is 3. The van der Waals surface area contributed by atoms with Crippen molar-refractivity contribution in [3.63, 3.8) is 0 Å². The number of fused-ring (bicyclic) bond motifs is 1. The van der Waals surface area contributed by atoms with Crippen molar-refractivity contribution in [3.05, 3.63) is 15.6 Å². The second-order valence-corrected chi connectivity index (χ2v) is 7.50. The molecule has 23 heavy (non-hydrogen) atoms. The van der Waals surface area contributed by atoms with Gasteiger partial charge in [0.05, 0.1) is 10.7 Å². The average Bonchev–Trinajstić information content (AvgIpc) is 2.91. The van der Waals surface area contributed by atoms with E-state index in [4.69, 9.17) is 4.98 Å². The van der Waals surface area contributed by atoms with E-state index in [9.17, 15) is 0 Å². The molecule has 0 aliphatic heterocycles. The van der Waals surface area contributed by atoms with Gasteiger partial charge in [0.1, 0.15) is 0 Å². The molecule has 132 valence electrons. The van der Waals surface area contributed by atoms with Crippen LogP contribution in [0.15, 0.2) is 4.99 Å². The van der Waals surface area contributed by atoms with Crippen LogP contribution in [-0.2, 0) is 19.3 Å². The molecule has 1 aromatic rings. The maximum Gasteiger partial charge on any atom is 0.191 e. The van der Waals surface area contributed by atoms with Crippen molar-refractivity contribution < 1.29 is 0 Å². The standard InChI is InChI=1S/C17H30N4S.HI/c1-4-18-17(20-12-13(2)3)19-11-7-10-16-21-14-8-5-6-9-15(14)22-16;/h13H,4-12H2,1-3H3,(H2,18,19,20);1H. The fourth-order valence-corrected chi connectivity index (χ4v) is 3.77. The number of halogens is 1. The lowest BCUT2D eigenvalue weighted by molar-refractivity contribution is 0.653. The fraction of sp³-hybridized carbons (Fsp3) is 0.765. The van der Waals surface area contributed by atoms with Crippen molar-refractivity contribution in [2.75, 3.05) is 19.6 Å². The number of thiazole rings is 1. The van der Waals surface area contributed by atoms with Gasteiger partial charge in [-0.3, -0.25) is 4.99 Å². The van der Waals surface area contributed by atoms with Gasteiger partial charge in [-0.2, -0.15) is 0 Å². The smallest absolute Gasteiger partial charge is 0.191 e. The van der Waals surface area contributed by atoms with Crippen LogP contribution >= 0.6 is 35.3 Å². The van der Waals surface area contributed by atoms with Gasteiger partial charge in [-0.05, 0) is 44.9 Å². The summed E-state index contributed by atoms with van der Waals surface area (Å²) < 4.78 is 0. The summed E-state index contributed by atoms with van der Waals surface area (Å²) in [4.78, 5) is 10.9. The van der Waals surface area contributed by atoms with Crippen molar-refractivity contribution in [2.24, 2.45) is 10.9 Å². The molecule has 1 aliphatic rings. The molecule has 0 spiro atoms. The molecule has 4 nitrogen and oxygen atoms in total. The summed E-state index contributed by atoms with van der Waals surface area (Å²) in [5.41, 5.74) is 1.38. The quantitative estimate of drug-likeness (QED) is 0.288. The molecule has 0 radical (unpaired) electrons. The van der Waals surface area contributed by atoms with Crippen LogP contribution in [0.3, 0.4) is 0 Å². The molecule has 0 aromatic carbocycles. The number of aromatic nitrogens is 1. The first-order valence-electron chi connectivity index (χ1n) is 8.68. The zero-order chi connectivity index (χ0) is 15.8. The first-order chi connectivity index (χ1) is 10.7. The van der Waals surface area contributed by atoms with Gasteiger partial charge in [0.2, 0.25) is 0 Å². The Balaban J connectivity index is 0.00000264. The molecule has 6 heteroatoms. The molecule has 0 unspecified atom stereocenters. The Hall–Kier alpha value is -0.370. The van der Waals surface area contributed by atoms with Gasteiger partial charge in [0.15, 0.2) is 5.96 Å². The van der Waals surface area contributed by atoms with E-state index in [-0.39, 0.29) is 24.0 Å². The topological polar surface area (TPSA) is 49.3 Å². The molecule has 0 saturated heterocycles. The van der Waals surface area contributed by atoms with Gasteiger partial charge in [-0.1, -0.05) is 13.8 Å². The van der Waals surface area contributed by atoms with Crippen LogP contribution in [0.5, 0.6) is 0 Å². The van der Waals surface area contributed by atoms with E-state index in [1.165, 1.54) is 36.4 Å². The molecule has 0 bridgehead atoms. The number of nitrogens with one attached hydrogen (secondary N) is 2. The first kappa shape index (κ1) is 20.7. The highest BCUT2D eigenvalue weighted by Crippen LogP contribution is 2.27. The van der Waals surface area contributed by atoms with Gasteiger partial charge in [-0.15, -0.1) is 35.3 Å². The molecule has 1 heterocycles. The number of rotatable bonds is 7. The molecule has 0 atom stereocenters. The van der Waals surface area contributed by atoms with E-state index in [0.29, 0.717) is 5.92 Å². The molecule has 2 N–H and O–H groups in total. The highest BCUT2D eigenvalue weighted by molar-refractivity contribution is 14.0. The average molecular weight is 450 g/mol. The van der Waals surface area contributed by atoms with Gasteiger partial charge in [0, 0.05) is 30.9 Å². The normalized spacial score (nSPS) is 14.3. The Morgan fingerprint density at radius 2 is 2.04 bits per heavy atom. The third-order valence-corrected chi connectivity index (χ3v) is 4.93. The predicted molar refractivity (Wildman–Crippen MR) is 111 cm³/mol. The Morgan fingerprint density at radius 3 is 2.74 bits per heavy atom. The monoisotopic (exact) mass is 450 g/mol. The summed E-state index contributed by atoms with van der Waals surface area (Å²) in [6, 6.07) is 0. The predicted octanol–water partition coefficient (Wildman–Crippen LogP) is 3.78. The summed E-state index contributed by atoms with van der Waals surface area (Å²) in [5.74, 6) is 1.53. The Kier molecular flexibility index (Phi) is 10.1. The molecule has 0 amide bonds. The molecule has 1 aromatic heterocycles. The van der Waals surface area contributed by atoms with Gasteiger partial charge in [-0.25, -0.2) is 4.98 Å². The summed E-state index contributed by atoms with van der Waals surface area (Å²) in [7, 11) is 0. The van der Waals surface area contributed by atoms with Crippen molar-refractivity contribution in [1.82, 2.24) is 15.6 Å². The van der Waals surface area contributed by atoms with E-state index in [0.717, 1.165) is 38.4 Å². The summed E-state index contributed by atoms with van der Waals surface area (Å²) >= 11 is 1.93. The minimum atomic E-state index is 0. The summed E-state index contributed by atoms with van der Waals surface area (Å²) in [5, 5.41) is 8.04. The van der Waals surface area contributed by atoms with Crippen molar-refractivity contribution >= 4 is 41.3 Å². The fourth-order valence-electron chi connectivity index (χ4n) is 2.57. The largest absolute Gasteiger partial charge is 0.357 e. The van der Waals surface area contributed by atoms with Crippen molar-refractivity contribution in [2.45, 2.75) is 59.3 Å². The minimum absolute atomic E-state index is 0. The lowest BCUT2D eigenvalue weighted by Crippen LogP contribution is -2.38. The first-order valence-corrected chi connectivity index (χ1v) is 9.50. The van der Waals surface area contributed by atoms with E-state index >= 15 is 0 Å². The summed E-state index contributed by atoms with van der Waals surface area (Å²) in [6.07, 6.45) is 7.28. The zero-order valence-electron chi connectivity index (χ0n) is 14.7. The van der Waals surface area contributed by atoms with Gasteiger partial charge in [0.25, 0.3) is 0 Å². The highest BCUT2D eigenvalue weighted by atomic mass is 127. The van der Waals surface area contributed by atoms with E-state index < -0.39 is 0 Å². The van der Waals surface area contributed by atoms with Crippen LogP contribution < -0.4 is 10.6 Å². The van der Waals surface area contributed by atoms with E-state index in [1.807, 2.05) is 11.3 Å². The van der Waals surface area contributed by atoms with Crippen molar-refractivity contribution in [1.29, 1.82) is 0 Å². The van der Waals surface area contributed by atoms with E-state index in [2.05, 4.69) is 36.4 Å². The lowest BCUT2D eigenvalue weighted by atomic mass is 10.0. The summed E-state index contributed by atoms with van der Waals surface area (Å²) in [6.45, 7) is 9.22. The SMILES string of the molecule is CCNC(=NCC(C)C)NCCCc1nc2c(s1)CCCC2.I. The Morgan fingerprint density at radius 1 is 1.26 bits per heavy atom. The number of guanidine groups is 1. The molecule has 1 aliphatic carbocycles. The van der Waals surface area contributed by atoms with Crippen LogP contribution in [0.4, 0.5) is 0 Å². The molecular weight excluding hydrogens is 419 g/mol. The second kappa shape index (κ2) is 11.2. The number of nitrogens with zero attached hydrogens (tertiary/aromatic N) is 2. The molecular formula is C17H31IN4S. The Labute approximate surface area is 162 Å². The third-order valence-electron chi connectivity index (χ3n) is 3.71. The van der Waals surface area contributed by atoms with Crippen molar-refractivity contribution in [3.8, 4) is 0 Å². The lowest BCUT2D eigenvalue weighted by Gasteiger charge is -2.11. The zero-order valence-corrected chi connectivity index (χ0v) is 17.8. The van der Waals surface area contributed by atoms with Crippen LogP contribution in [0, 0.1) is 5.92 Å². The highest BCUT2D eigenvalue weighted by Gasteiger charge is 2.14. The minimum Gasteiger partial charge on any atom is -0.357 e. The maximum absolute atomic E-state index is 4.81. The molecule has 0 fully saturated rings. The maximum atomic E-state index is 4.81. The third kappa shape index (κ3) is 7.37. The molecule has 0 saturated carbocycles. The van der Waals surface area contributed by atoms with Crippen LogP contribution in [0.1, 0.15) is 55.6 Å². The number of hydrogen-bond donors (Lipinski definition) is 2. The van der Waals surface area contributed by atoms with Crippen LogP contribution in [0.2, 0.25) is 0 Å². The van der Waals surface area contributed by atoms with E-state index in [1.54, 1.807) is 4.88 Å². The van der Waals surface area contributed by atoms with Gasteiger partial charge >= 0.3 is 0 Å². The Bertz CT molecular complexity index is 461. The van der Waals surface area contributed by atoms with Gasteiger partial charge < -0.3 is 10.6 Å². The molecule has 2 rings (SSSR count). The number of aryl methyl sites for hydroxylation is 3. The van der Waals surface area contributed by atoms with Crippen LogP contribution in [0.25, 0.3) is 0 Å².